The molecule has 0 aliphatic heterocycles. The molecule has 0 amide bonds. The van der Waals surface area contributed by atoms with Gasteiger partial charge >= 0.3 is 0 Å². The number of aliphatic hydroxyl groups is 1. The molecule has 1 unspecified atom stereocenters. The molecule has 0 spiro atoms. The summed E-state index contributed by atoms with van der Waals surface area (Å²) < 4.78 is 0. The van der Waals surface area contributed by atoms with Crippen LogP contribution < -0.4 is 11.5 Å². The van der Waals surface area contributed by atoms with Gasteiger partial charge in [0.25, 0.3) is 0 Å². The van der Waals surface area contributed by atoms with Gasteiger partial charge in [0.05, 0.1) is 6.10 Å². The maximum Gasteiger partial charge on any atom is 0.0639 e. The maximum atomic E-state index is 9.14. The Morgan fingerprint density at radius 3 is 2.33 bits per heavy atom. The highest BCUT2D eigenvalue weighted by molar-refractivity contribution is 4.61. The van der Waals surface area contributed by atoms with Crippen LogP contribution in [-0.2, 0) is 0 Å². The van der Waals surface area contributed by atoms with Gasteiger partial charge in [-0.15, -0.1) is 0 Å². The lowest BCUT2D eigenvalue weighted by Gasteiger charge is -2.22. The minimum absolute atomic E-state index is 0.283. The SMILES string of the molecule is CC(O)CN(CCN)CCCN. The zero-order valence-electron chi connectivity index (χ0n) is 7.87. The molecule has 0 saturated carbocycles. The fourth-order valence-corrected chi connectivity index (χ4v) is 1.17. The predicted octanol–water partition coefficient (Wildman–Crippen LogP) is -1.02. The van der Waals surface area contributed by atoms with E-state index >= 15 is 0 Å². The van der Waals surface area contributed by atoms with Gasteiger partial charge in [0.15, 0.2) is 0 Å². The van der Waals surface area contributed by atoms with E-state index in [4.69, 9.17) is 16.6 Å². The highest BCUT2D eigenvalue weighted by atomic mass is 16.3. The molecule has 0 aliphatic carbocycles. The number of nitrogens with two attached hydrogens (primary N) is 2. The summed E-state index contributed by atoms with van der Waals surface area (Å²) in [6.45, 7) is 5.57. The van der Waals surface area contributed by atoms with Crippen molar-refractivity contribution in [3.05, 3.63) is 0 Å². The van der Waals surface area contributed by atoms with E-state index in [1.54, 1.807) is 6.92 Å². The molecule has 0 aromatic rings. The van der Waals surface area contributed by atoms with Crippen molar-refractivity contribution in [2.75, 3.05) is 32.7 Å². The zero-order chi connectivity index (χ0) is 9.40. The van der Waals surface area contributed by atoms with Crippen molar-refractivity contribution in [3.8, 4) is 0 Å². The Balaban J connectivity index is 3.54. The Bertz CT molecular complexity index is 98.3. The molecule has 0 aromatic heterocycles. The van der Waals surface area contributed by atoms with Crippen molar-refractivity contribution in [3.63, 3.8) is 0 Å². The van der Waals surface area contributed by atoms with Crippen LogP contribution in [0.5, 0.6) is 0 Å². The van der Waals surface area contributed by atoms with E-state index in [9.17, 15) is 0 Å². The maximum absolute atomic E-state index is 9.14. The molecule has 0 heterocycles. The molecule has 4 nitrogen and oxygen atoms in total. The highest BCUT2D eigenvalue weighted by Gasteiger charge is 2.05. The summed E-state index contributed by atoms with van der Waals surface area (Å²) in [5.41, 5.74) is 10.8. The van der Waals surface area contributed by atoms with Crippen molar-refractivity contribution in [1.29, 1.82) is 0 Å². The predicted molar refractivity (Wildman–Crippen MR) is 50.8 cm³/mol. The average molecular weight is 175 g/mol. The third-order valence-electron chi connectivity index (χ3n) is 1.65. The van der Waals surface area contributed by atoms with Gasteiger partial charge in [0.2, 0.25) is 0 Å². The molecule has 0 fully saturated rings. The first kappa shape index (κ1) is 11.8. The van der Waals surface area contributed by atoms with Crippen LogP contribution in [0.1, 0.15) is 13.3 Å². The topological polar surface area (TPSA) is 75.5 Å². The summed E-state index contributed by atoms with van der Waals surface area (Å²) in [5, 5.41) is 9.14. The third kappa shape index (κ3) is 6.54. The molecule has 74 valence electrons. The average Bonchev–Trinajstić information content (AvgIpc) is 2.00. The largest absolute Gasteiger partial charge is 0.392 e. The number of hydrogen-bond donors (Lipinski definition) is 3. The van der Waals surface area contributed by atoms with E-state index in [1.165, 1.54) is 0 Å². The van der Waals surface area contributed by atoms with Crippen LogP contribution in [0, 0.1) is 0 Å². The molecule has 0 bridgehead atoms. The van der Waals surface area contributed by atoms with Crippen molar-refractivity contribution in [2.45, 2.75) is 19.4 Å². The molecular formula is C8H21N3O. The second-order valence-electron chi connectivity index (χ2n) is 3.08. The van der Waals surface area contributed by atoms with Gasteiger partial charge in [-0.3, -0.25) is 4.90 Å². The summed E-state index contributed by atoms with van der Waals surface area (Å²) in [7, 11) is 0. The van der Waals surface area contributed by atoms with Gasteiger partial charge in [-0.05, 0) is 26.4 Å². The Morgan fingerprint density at radius 2 is 1.92 bits per heavy atom. The lowest BCUT2D eigenvalue weighted by atomic mass is 10.3. The molecule has 0 aliphatic rings. The number of rotatable bonds is 7. The zero-order valence-corrected chi connectivity index (χ0v) is 7.87. The lowest BCUT2D eigenvalue weighted by molar-refractivity contribution is 0.128. The molecule has 5 N–H and O–H groups in total. The molecular weight excluding hydrogens is 154 g/mol. The van der Waals surface area contributed by atoms with Crippen LogP contribution in [0.25, 0.3) is 0 Å². The van der Waals surface area contributed by atoms with Gasteiger partial charge in [0, 0.05) is 19.6 Å². The Labute approximate surface area is 74.5 Å². The van der Waals surface area contributed by atoms with Crippen LogP contribution in [0.3, 0.4) is 0 Å². The first-order valence-electron chi connectivity index (χ1n) is 4.51. The Hall–Kier alpha value is -0.160. The molecule has 0 radical (unpaired) electrons. The quantitative estimate of drug-likeness (QED) is 0.463. The first-order valence-corrected chi connectivity index (χ1v) is 4.51. The van der Waals surface area contributed by atoms with E-state index in [2.05, 4.69) is 4.90 Å². The molecule has 0 rings (SSSR count). The normalized spacial score (nSPS) is 13.8. The van der Waals surface area contributed by atoms with E-state index in [0.717, 1.165) is 19.5 Å². The molecule has 4 heteroatoms. The van der Waals surface area contributed by atoms with Crippen LogP contribution in [0.4, 0.5) is 0 Å². The van der Waals surface area contributed by atoms with Crippen molar-refractivity contribution < 1.29 is 5.11 Å². The molecule has 0 saturated heterocycles. The van der Waals surface area contributed by atoms with Crippen molar-refractivity contribution >= 4 is 0 Å². The van der Waals surface area contributed by atoms with Crippen LogP contribution in [0.15, 0.2) is 0 Å². The standard InChI is InChI=1S/C8H21N3O/c1-8(12)7-11(6-4-10)5-2-3-9/h8,12H,2-7,9-10H2,1H3. The highest BCUT2D eigenvalue weighted by Crippen LogP contribution is 1.92. The van der Waals surface area contributed by atoms with Crippen molar-refractivity contribution in [1.82, 2.24) is 4.90 Å². The van der Waals surface area contributed by atoms with Crippen molar-refractivity contribution in [2.24, 2.45) is 11.5 Å². The van der Waals surface area contributed by atoms with Gasteiger partial charge in [0.1, 0.15) is 0 Å². The first-order chi connectivity index (χ1) is 5.70. The summed E-state index contributed by atoms with van der Waals surface area (Å²) in [5.74, 6) is 0. The monoisotopic (exact) mass is 175 g/mol. The Kier molecular flexibility index (Phi) is 7.39. The van der Waals surface area contributed by atoms with Crippen LogP contribution >= 0.6 is 0 Å². The summed E-state index contributed by atoms with van der Waals surface area (Å²) >= 11 is 0. The lowest BCUT2D eigenvalue weighted by Crippen LogP contribution is -2.36. The number of nitrogens with zero attached hydrogens (tertiary/aromatic N) is 1. The fraction of sp³-hybridized carbons (Fsp3) is 1.00. The number of hydrogen-bond acceptors (Lipinski definition) is 4. The minimum Gasteiger partial charge on any atom is -0.392 e. The van der Waals surface area contributed by atoms with Crippen LogP contribution in [0.2, 0.25) is 0 Å². The van der Waals surface area contributed by atoms with Gasteiger partial charge in [-0.1, -0.05) is 0 Å². The second-order valence-corrected chi connectivity index (χ2v) is 3.08. The van der Waals surface area contributed by atoms with E-state index in [0.29, 0.717) is 19.6 Å². The summed E-state index contributed by atoms with van der Waals surface area (Å²) in [6.07, 6.45) is 0.682. The second kappa shape index (κ2) is 7.49. The summed E-state index contributed by atoms with van der Waals surface area (Å²) in [6, 6.07) is 0. The van der Waals surface area contributed by atoms with Gasteiger partial charge in [-0.2, -0.15) is 0 Å². The van der Waals surface area contributed by atoms with Gasteiger partial charge in [-0.25, -0.2) is 0 Å². The molecule has 1 atom stereocenters. The van der Waals surface area contributed by atoms with E-state index in [-0.39, 0.29) is 6.10 Å². The smallest absolute Gasteiger partial charge is 0.0639 e. The van der Waals surface area contributed by atoms with E-state index in [1.807, 2.05) is 0 Å². The molecule has 12 heavy (non-hydrogen) atoms. The summed E-state index contributed by atoms with van der Waals surface area (Å²) in [4.78, 5) is 2.14. The number of aliphatic hydroxyl groups excluding tert-OH is 1. The van der Waals surface area contributed by atoms with E-state index < -0.39 is 0 Å². The molecule has 0 aromatic carbocycles. The fourth-order valence-electron chi connectivity index (χ4n) is 1.17. The van der Waals surface area contributed by atoms with Gasteiger partial charge < -0.3 is 16.6 Å². The Morgan fingerprint density at radius 1 is 1.25 bits per heavy atom. The minimum atomic E-state index is -0.283. The van der Waals surface area contributed by atoms with Crippen LogP contribution in [-0.4, -0.2) is 48.8 Å². The third-order valence-corrected chi connectivity index (χ3v) is 1.65.